The van der Waals surface area contributed by atoms with Crippen molar-refractivity contribution in [1.29, 1.82) is 0 Å². The molecule has 0 spiro atoms. The summed E-state index contributed by atoms with van der Waals surface area (Å²) in [6.45, 7) is 0. The summed E-state index contributed by atoms with van der Waals surface area (Å²) in [5.41, 5.74) is 9.35. The maximum absolute atomic E-state index is 5.71. The van der Waals surface area contributed by atoms with Crippen LogP contribution >= 0.6 is 0 Å². The molecule has 3 aromatic rings. The number of fused-ring (bicyclic) bond motifs is 1. The van der Waals surface area contributed by atoms with E-state index in [0.29, 0.717) is 0 Å². The summed E-state index contributed by atoms with van der Waals surface area (Å²) in [6, 6.07) is 5.70. The first-order chi connectivity index (χ1) is 7.74. The highest BCUT2D eigenvalue weighted by Gasteiger charge is 2.05. The van der Waals surface area contributed by atoms with Crippen LogP contribution in [0.3, 0.4) is 0 Å². The molecule has 5 heteroatoms. The number of aryl methyl sites for hydroxylation is 1. The van der Waals surface area contributed by atoms with Gasteiger partial charge in [0.05, 0.1) is 22.9 Å². The first-order valence-corrected chi connectivity index (χ1v) is 4.95. The van der Waals surface area contributed by atoms with Crippen LogP contribution in [0.25, 0.3) is 16.7 Å². The Morgan fingerprint density at radius 1 is 1.31 bits per heavy atom. The molecule has 2 N–H and O–H groups in total. The molecule has 0 radical (unpaired) electrons. The number of imidazole rings is 1. The molecule has 0 bridgehead atoms. The summed E-state index contributed by atoms with van der Waals surface area (Å²) < 4.78 is 3.75. The monoisotopic (exact) mass is 213 g/mol. The van der Waals surface area contributed by atoms with Gasteiger partial charge < -0.3 is 5.73 Å². The lowest BCUT2D eigenvalue weighted by molar-refractivity contribution is 0.767. The minimum Gasteiger partial charge on any atom is -0.399 e. The molecule has 0 saturated heterocycles. The molecular weight excluding hydrogens is 202 g/mol. The van der Waals surface area contributed by atoms with Crippen LogP contribution in [0.15, 0.2) is 36.9 Å². The fourth-order valence-corrected chi connectivity index (χ4v) is 1.77. The predicted molar refractivity (Wildman–Crippen MR) is 62.2 cm³/mol. The third-order valence-electron chi connectivity index (χ3n) is 2.54. The molecule has 2 heterocycles. The van der Waals surface area contributed by atoms with Gasteiger partial charge in [0.2, 0.25) is 0 Å². The van der Waals surface area contributed by atoms with E-state index in [4.69, 9.17) is 5.73 Å². The molecule has 0 atom stereocenters. The van der Waals surface area contributed by atoms with Gasteiger partial charge in [0, 0.05) is 18.9 Å². The molecule has 0 aliphatic rings. The molecule has 16 heavy (non-hydrogen) atoms. The van der Waals surface area contributed by atoms with Crippen molar-refractivity contribution in [3.8, 4) is 5.69 Å². The van der Waals surface area contributed by atoms with Crippen LogP contribution in [0, 0.1) is 0 Å². The average Bonchev–Trinajstić information content (AvgIpc) is 2.83. The molecule has 0 unspecified atom stereocenters. The molecule has 1 aromatic carbocycles. The standard InChI is InChI=1S/C11H11N5/c1-15-6-9(5-14-15)16-7-13-10-4-8(12)2-3-11(10)16/h2-7H,12H2,1H3. The summed E-state index contributed by atoms with van der Waals surface area (Å²) in [5.74, 6) is 0. The van der Waals surface area contributed by atoms with Crippen LogP contribution in [0.2, 0.25) is 0 Å². The van der Waals surface area contributed by atoms with Crippen LogP contribution in [-0.2, 0) is 7.05 Å². The quantitative estimate of drug-likeness (QED) is 0.620. The van der Waals surface area contributed by atoms with Crippen LogP contribution in [0.5, 0.6) is 0 Å². The zero-order valence-corrected chi connectivity index (χ0v) is 8.83. The SMILES string of the molecule is Cn1cc(-n2cnc3cc(N)ccc32)cn1. The molecular formula is C11H11N5. The topological polar surface area (TPSA) is 61.7 Å². The zero-order chi connectivity index (χ0) is 11.1. The molecule has 80 valence electrons. The van der Waals surface area contributed by atoms with E-state index in [1.54, 1.807) is 17.2 Å². The van der Waals surface area contributed by atoms with Gasteiger partial charge in [-0.1, -0.05) is 0 Å². The minimum absolute atomic E-state index is 0.726. The van der Waals surface area contributed by atoms with E-state index in [0.717, 1.165) is 22.4 Å². The van der Waals surface area contributed by atoms with Gasteiger partial charge in [-0.3, -0.25) is 9.25 Å². The van der Waals surface area contributed by atoms with Crippen molar-refractivity contribution in [3.63, 3.8) is 0 Å². The van der Waals surface area contributed by atoms with Gasteiger partial charge in [-0.2, -0.15) is 5.10 Å². The number of hydrogen-bond donors (Lipinski definition) is 1. The number of benzene rings is 1. The van der Waals surface area contributed by atoms with Crippen LogP contribution < -0.4 is 5.73 Å². The number of nitrogen functional groups attached to an aromatic ring is 1. The van der Waals surface area contributed by atoms with Crippen molar-refractivity contribution >= 4 is 16.7 Å². The lowest BCUT2D eigenvalue weighted by atomic mass is 10.3. The van der Waals surface area contributed by atoms with Gasteiger partial charge in [-0.15, -0.1) is 0 Å². The van der Waals surface area contributed by atoms with Gasteiger partial charge in [-0.05, 0) is 18.2 Å². The molecule has 0 saturated carbocycles. The van der Waals surface area contributed by atoms with Crippen molar-refractivity contribution in [1.82, 2.24) is 19.3 Å². The highest BCUT2D eigenvalue weighted by Crippen LogP contribution is 2.19. The van der Waals surface area contributed by atoms with E-state index in [-0.39, 0.29) is 0 Å². The van der Waals surface area contributed by atoms with Gasteiger partial charge >= 0.3 is 0 Å². The summed E-state index contributed by atoms with van der Waals surface area (Å²) >= 11 is 0. The molecule has 0 fully saturated rings. The fourth-order valence-electron chi connectivity index (χ4n) is 1.77. The number of nitrogens with two attached hydrogens (primary N) is 1. The Hall–Kier alpha value is -2.30. The number of aromatic nitrogens is 4. The Kier molecular flexibility index (Phi) is 1.73. The Balaban J connectivity index is 2.25. The van der Waals surface area contributed by atoms with Gasteiger partial charge in [0.1, 0.15) is 6.33 Å². The van der Waals surface area contributed by atoms with E-state index in [1.165, 1.54) is 0 Å². The predicted octanol–water partition coefficient (Wildman–Crippen LogP) is 1.34. The summed E-state index contributed by atoms with van der Waals surface area (Å²) in [4.78, 5) is 4.31. The Morgan fingerprint density at radius 3 is 2.94 bits per heavy atom. The van der Waals surface area contributed by atoms with E-state index in [2.05, 4.69) is 10.1 Å². The van der Waals surface area contributed by atoms with Crippen LogP contribution in [0.1, 0.15) is 0 Å². The summed E-state index contributed by atoms with van der Waals surface area (Å²) in [5, 5.41) is 4.14. The van der Waals surface area contributed by atoms with Crippen LogP contribution in [-0.4, -0.2) is 19.3 Å². The van der Waals surface area contributed by atoms with E-state index in [1.807, 2.05) is 36.0 Å². The van der Waals surface area contributed by atoms with E-state index < -0.39 is 0 Å². The number of rotatable bonds is 1. The van der Waals surface area contributed by atoms with Crippen molar-refractivity contribution in [2.24, 2.45) is 7.05 Å². The maximum Gasteiger partial charge on any atom is 0.101 e. The number of anilines is 1. The molecule has 5 nitrogen and oxygen atoms in total. The fraction of sp³-hybridized carbons (Fsp3) is 0.0909. The molecule has 0 aliphatic heterocycles. The third kappa shape index (κ3) is 1.25. The van der Waals surface area contributed by atoms with Gasteiger partial charge in [-0.25, -0.2) is 4.98 Å². The lowest BCUT2D eigenvalue weighted by Crippen LogP contribution is -1.90. The Morgan fingerprint density at radius 2 is 2.19 bits per heavy atom. The van der Waals surface area contributed by atoms with Gasteiger partial charge in [0.25, 0.3) is 0 Å². The molecule has 0 amide bonds. The highest BCUT2D eigenvalue weighted by molar-refractivity contribution is 5.80. The summed E-state index contributed by atoms with van der Waals surface area (Å²) in [6.07, 6.45) is 5.52. The van der Waals surface area contributed by atoms with Crippen LogP contribution in [0.4, 0.5) is 5.69 Å². The minimum atomic E-state index is 0.726. The number of nitrogens with zero attached hydrogens (tertiary/aromatic N) is 4. The number of hydrogen-bond acceptors (Lipinski definition) is 3. The average molecular weight is 213 g/mol. The lowest BCUT2D eigenvalue weighted by Gasteiger charge is -1.99. The highest BCUT2D eigenvalue weighted by atomic mass is 15.3. The zero-order valence-electron chi connectivity index (χ0n) is 8.83. The maximum atomic E-state index is 5.71. The second-order valence-corrected chi connectivity index (χ2v) is 3.73. The molecule has 2 aromatic heterocycles. The second-order valence-electron chi connectivity index (χ2n) is 3.73. The third-order valence-corrected chi connectivity index (χ3v) is 2.54. The largest absolute Gasteiger partial charge is 0.399 e. The van der Waals surface area contributed by atoms with Crippen molar-refractivity contribution in [3.05, 3.63) is 36.9 Å². The molecule has 0 aliphatic carbocycles. The van der Waals surface area contributed by atoms with Crippen molar-refractivity contribution in [2.45, 2.75) is 0 Å². The van der Waals surface area contributed by atoms with Gasteiger partial charge in [0.15, 0.2) is 0 Å². The van der Waals surface area contributed by atoms with Crippen molar-refractivity contribution < 1.29 is 0 Å². The Labute approximate surface area is 92.1 Å². The first-order valence-electron chi connectivity index (χ1n) is 4.95. The second kappa shape index (κ2) is 3.10. The van der Waals surface area contributed by atoms with E-state index in [9.17, 15) is 0 Å². The van der Waals surface area contributed by atoms with Crippen molar-refractivity contribution in [2.75, 3.05) is 5.73 Å². The smallest absolute Gasteiger partial charge is 0.101 e. The molecule has 3 rings (SSSR count). The first kappa shape index (κ1) is 8.96. The Bertz CT molecular complexity index is 649. The van der Waals surface area contributed by atoms with E-state index >= 15 is 0 Å². The summed E-state index contributed by atoms with van der Waals surface area (Å²) in [7, 11) is 1.89. The normalized spacial score (nSPS) is 11.1.